The van der Waals surface area contributed by atoms with Gasteiger partial charge in [0, 0.05) is 31.9 Å². The van der Waals surface area contributed by atoms with Crippen LogP contribution in [0.5, 0.6) is 5.75 Å². The topological polar surface area (TPSA) is 53.6 Å². The van der Waals surface area contributed by atoms with E-state index in [1.807, 2.05) is 13.0 Å². The van der Waals surface area contributed by atoms with Crippen molar-refractivity contribution in [2.24, 2.45) is 0 Å². The molecule has 0 aromatic heterocycles. The van der Waals surface area contributed by atoms with Gasteiger partial charge in [-0.15, -0.1) is 0 Å². The second kappa shape index (κ2) is 8.22. The van der Waals surface area contributed by atoms with Crippen molar-refractivity contribution in [3.05, 3.63) is 23.2 Å². The predicted octanol–water partition coefficient (Wildman–Crippen LogP) is 1.97. The van der Waals surface area contributed by atoms with Crippen molar-refractivity contribution in [2.45, 2.75) is 13.3 Å². The van der Waals surface area contributed by atoms with Gasteiger partial charge in [-0.3, -0.25) is 9.69 Å². The zero-order chi connectivity index (χ0) is 15.1. The SMILES string of the molecule is CCCOc1ccc(NC(=O)CN2CCNCC2)cc1Cl. The Morgan fingerprint density at radius 1 is 1.43 bits per heavy atom. The van der Waals surface area contributed by atoms with Crippen molar-refractivity contribution in [2.75, 3.05) is 44.6 Å². The number of anilines is 1. The molecule has 2 rings (SSSR count). The van der Waals surface area contributed by atoms with Crippen molar-refractivity contribution < 1.29 is 9.53 Å². The number of carbonyl (C=O) groups is 1. The maximum atomic E-state index is 12.0. The Labute approximate surface area is 130 Å². The van der Waals surface area contributed by atoms with Crippen LogP contribution in [0.1, 0.15) is 13.3 Å². The van der Waals surface area contributed by atoms with Crippen LogP contribution in [0.4, 0.5) is 5.69 Å². The van der Waals surface area contributed by atoms with E-state index >= 15 is 0 Å². The van der Waals surface area contributed by atoms with E-state index in [1.54, 1.807) is 12.1 Å². The molecule has 5 nitrogen and oxygen atoms in total. The summed E-state index contributed by atoms with van der Waals surface area (Å²) < 4.78 is 5.51. The molecular weight excluding hydrogens is 290 g/mol. The molecule has 1 aromatic carbocycles. The third-order valence-electron chi connectivity index (χ3n) is 3.25. The first-order valence-electron chi connectivity index (χ1n) is 7.34. The Hall–Kier alpha value is -1.30. The highest BCUT2D eigenvalue weighted by atomic mass is 35.5. The quantitative estimate of drug-likeness (QED) is 0.843. The van der Waals surface area contributed by atoms with E-state index in [9.17, 15) is 4.79 Å². The van der Waals surface area contributed by atoms with Crippen LogP contribution in [0.3, 0.4) is 0 Å². The number of nitrogens with zero attached hydrogens (tertiary/aromatic N) is 1. The Kier molecular flexibility index (Phi) is 6.29. The maximum Gasteiger partial charge on any atom is 0.238 e. The zero-order valence-corrected chi connectivity index (χ0v) is 13.1. The van der Waals surface area contributed by atoms with E-state index in [1.165, 1.54) is 0 Å². The van der Waals surface area contributed by atoms with Gasteiger partial charge in [0.05, 0.1) is 18.2 Å². The molecule has 0 bridgehead atoms. The third-order valence-corrected chi connectivity index (χ3v) is 3.55. The fraction of sp³-hybridized carbons (Fsp3) is 0.533. The van der Waals surface area contributed by atoms with Crippen molar-refractivity contribution in [1.82, 2.24) is 10.2 Å². The summed E-state index contributed by atoms with van der Waals surface area (Å²) in [5, 5.41) is 6.65. The van der Waals surface area contributed by atoms with Gasteiger partial charge in [0.15, 0.2) is 0 Å². The zero-order valence-electron chi connectivity index (χ0n) is 12.3. The molecule has 2 N–H and O–H groups in total. The number of ether oxygens (including phenoxy) is 1. The van der Waals surface area contributed by atoms with E-state index in [2.05, 4.69) is 15.5 Å². The van der Waals surface area contributed by atoms with Crippen LogP contribution >= 0.6 is 11.6 Å². The number of benzene rings is 1. The van der Waals surface area contributed by atoms with E-state index in [4.69, 9.17) is 16.3 Å². The summed E-state index contributed by atoms with van der Waals surface area (Å²) in [6.45, 7) is 6.75. The number of halogens is 1. The highest BCUT2D eigenvalue weighted by molar-refractivity contribution is 6.32. The fourth-order valence-corrected chi connectivity index (χ4v) is 2.42. The molecule has 0 atom stereocenters. The maximum absolute atomic E-state index is 12.0. The summed E-state index contributed by atoms with van der Waals surface area (Å²) in [5.74, 6) is 0.633. The number of hydrogen-bond donors (Lipinski definition) is 2. The molecule has 6 heteroatoms. The van der Waals surface area contributed by atoms with Gasteiger partial charge in [0.25, 0.3) is 0 Å². The van der Waals surface area contributed by atoms with Crippen molar-refractivity contribution in [1.29, 1.82) is 0 Å². The number of rotatable bonds is 6. The van der Waals surface area contributed by atoms with E-state index in [-0.39, 0.29) is 5.91 Å². The molecule has 1 heterocycles. The first kappa shape index (κ1) is 16.1. The minimum atomic E-state index is -0.0183. The number of amides is 1. The molecular formula is C15H22ClN3O2. The molecule has 1 aliphatic heterocycles. The Morgan fingerprint density at radius 3 is 2.86 bits per heavy atom. The molecule has 1 amide bonds. The normalized spacial score (nSPS) is 15.7. The van der Waals surface area contributed by atoms with Gasteiger partial charge in [0.1, 0.15) is 5.75 Å². The van der Waals surface area contributed by atoms with Crippen LogP contribution in [-0.2, 0) is 4.79 Å². The average molecular weight is 312 g/mol. The minimum absolute atomic E-state index is 0.0183. The molecule has 1 fully saturated rings. The first-order valence-corrected chi connectivity index (χ1v) is 7.72. The van der Waals surface area contributed by atoms with Crippen LogP contribution in [0.2, 0.25) is 5.02 Å². The lowest BCUT2D eigenvalue weighted by molar-refractivity contribution is -0.117. The Morgan fingerprint density at radius 2 is 2.19 bits per heavy atom. The number of piperazine rings is 1. The van der Waals surface area contributed by atoms with Crippen molar-refractivity contribution in [3.63, 3.8) is 0 Å². The fourth-order valence-electron chi connectivity index (χ4n) is 2.18. The van der Waals surface area contributed by atoms with Crippen LogP contribution in [0.25, 0.3) is 0 Å². The monoisotopic (exact) mass is 311 g/mol. The number of carbonyl (C=O) groups excluding carboxylic acids is 1. The molecule has 0 radical (unpaired) electrons. The summed E-state index contributed by atoms with van der Waals surface area (Å²) in [6.07, 6.45) is 0.930. The van der Waals surface area contributed by atoms with Gasteiger partial charge >= 0.3 is 0 Å². The van der Waals surface area contributed by atoms with Crippen LogP contribution in [-0.4, -0.2) is 50.1 Å². The van der Waals surface area contributed by atoms with Crippen LogP contribution < -0.4 is 15.4 Å². The summed E-state index contributed by atoms with van der Waals surface area (Å²) in [6, 6.07) is 5.33. The lowest BCUT2D eigenvalue weighted by Crippen LogP contribution is -2.46. The third kappa shape index (κ3) is 5.19. The van der Waals surface area contributed by atoms with E-state index in [0.717, 1.165) is 32.6 Å². The lowest BCUT2D eigenvalue weighted by atomic mass is 10.3. The summed E-state index contributed by atoms with van der Waals surface area (Å²) in [7, 11) is 0. The molecule has 1 saturated heterocycles. The van der Waals surface area contributed by atoms with Gasteiger partial charge in [-0.25, -0.2) is 0 Å². The second-order valence-electron chi connectivity index (χ2n) is 5.07. The summed E-state index contributed by atoms with van der Waals surface area (Å²) in [5.41, 5.74) is 0.698. The molecule has 0 spiro atoms. The van der Waals surface area contributed by atoms with Crippen molar-refractivity contribution >= 4 is 23.2 Å². The predicted molar refractivity (Wildman–Crippen MR) is 85.2 cm³/mol. The van der Waals surface area contributed by atoms with Gasteiger partial charge in [0.2, 0.25) is 5.91 Å². The first-order chi connectivity index (χ1) is 10.2. The largest absolute Gasteiger partial charge is 0.492 e. The molecule has 1 aromatic rings. The molecule has 116 valence electrons. The number of nitrogens with one attached hydrogen (secondary N) is 2. The Bertz CT molecular complexity index is 476. The second-order valence-corrected chi connectivity index (χ2v) is 5.48. The molecule has 21 heavy (non-hydrogen) atoms. The Balaban J connectivity index is 1.86. The average Bonchev–Trinajstić information content (AvgIpc) is 2.47. The highest BCUT2D eigenvalue weighted by Gasteiger charge is 2.14. The van der Waals surface area contributed by atoms with Crippen molar-refractivity contribution in [3.8, 4) is 5.75 Å². The van der Waals surface area contributed by atoms with E-state index in [0.29, 0.717) is 29.6 Å². The summed E-state index contributed by atoms with van der Waals surface area (Å²) in [4.78, 5) is 14.1. The van der Waals surface area contributed by atoms with Crippen LogP contribution in [0, 0.1) is 0 Å². The van der Waals surface area contributed by atoms with Gasteiger partial charge < -0.3 is 15.4 Å². The van der Waals surface area contributed by atoms with Crippen LogP contribution in [0.15, 0.2) is 18.2 Å². The minimum Gasteiger partial charge on any atom is -0.492 e. The van der Waals surface area contributed by atoms with Gasteiger partial charge in [-0.05, 0) is 24.6 Å². The number of hydrogen-bond acceptors (Lipinski definition) is 4. The summed E-state index contributed by atoms with van der Waals surface area (Å²) >= 11 is 6.15. The molecule has 0 aliphatic carbocycles. The lowest BCUT2D eigenvalue weighted by Gasteiger charge is -2.26. The molecule has 0 unspecified atom stereocenters. The highest BCUT2D eigenvalue weighted by Crippen LogP contribution is 2.27. The standard InChI is InChI=1S/C15H22ClN3O2/c1-2-9-21-14-4-3-12(10-13(14)16)18-15(20)11-19-7-5-17-6-8-19/h3-4,10,17H,2,5-9,11H2,1H3,(H,18,20). The van der Waals surface area contributed by atoms with E-state index < -0.39 is 0 Å². The smallest absolute Gasteiger partial charge is 0.238 e. The van der Waals surface area contributed by atoms with Gasteiger partial charge in [-0.2, -0.15) is 0 Å². The molecule has 1 aliphatic rings. The molecule has 0 saturated carbocycles. The van der Waals surface area contributed by atoms with Gasteiger partial charge in [-0.1, -0.05) is 18.5 Å².